The lowest BCUT2D eigenvalue weighted by Gasteiger charge is -2.38. The second kappa shape index (κ2) is 8.32. The monoisotopic (exact) mass is 448 g/mol. The maximum atomic E-state index is 12.5. The van der Waals surface area contributed by atoms with Crippen LogP contribution in [0.15, 0.2) is 12.2 Å². The lowest BCUT2D eigenvalue weighted by Crippen LogP contribution is -2.57. The maximum Gasteiger partial charge on any atom is 0.344 e. The van der Waals surface area contributed by atoms with Gasteiger partial charge in [0.2, 0.25) is 0 Å². The van der Waals surface area contributed by atoms with E-state index in [0.29, 0.717) is 0 Å². The van der Waals surface area contributed by atoms with Crippen molar-refractivity contribution >= 4 is 35.0 Å². The lowest BCUT2D eigenvalue weighted by molar-refractivity contribution is -0.173. The highest BCUT2D eigenvalue weighted by Gasteiger charge is 2.78. The number of hydrogen-bond donors (Lipinski definition) is 0. The third-order valence-electron chi connectivity index (χ3n) is 5.34. The Morgan fingerprint density at radius 2 is 1.87 bits per heavy atom. The molecule has 6 atom stereocenters. The van der Waals surface area contributed by atoms with Gasteiger partial charge in [0.1, 0.15) is 17.8 Å². The van der Waals surface area contributed by atoms with E-state index >= 15 is 0 Å². The predicted octanol–water partition coefficient (Wildman–Crippen LogP) is -1.38. The van der Waals surface area contributed by atoms with Crippen LogP contribution in [0, 0.1) is 5.92 Å². The van der Waals surface area contributed by atoms with E-state index in [0.717, 1.165) is 0 Å². The molecule has 166 valence electrons. The molecule has 0 amide bonds. The van der Waals surface area contributed by atoms with Crippen molar-refractivity contribution in [2.45, 2.75) is 42.5 Å². The molecule has 2 bridgehead atoms. The van der Waals surface area contributed by atoms with Crippen LogP contribution in [0.3, 0.4) is 0 Å². The van der Waals surface area contributed by atoms with Gasteiger partial charge in [-0.3, -0.25) is 13.8 Å². The second-order valence-corrected chi connectivity index (χ2v) is 8.80. The van der Waals surface area contributed by atoms with Gasteiger partial charge in [-0.1, -0.05) is 6.58 Å². The van der Waals surface area contributed by atoms with Crippen molar-refractivity contribution in [2.75, 3.05) is 19.8 Å². The Morgan fingerprint density at radius 1 is 1.17 bits per heavy atom. The summed E-state index contributed by atoms with van der Waals surface area (Å²) in [5.74, 6) is -2.65. The normalized spacial score (nSPS) is 34.8. The molecule has 13 heteroatoms. The van der Waals surface area contributed by atoms with E-state index in [2.05, 4.69) is 6.58 Å². The molecule has 3 saturated heterocycles. The molecule has 0 spiro atoms. The Morgan fingerprint density at radius 3 is 2.50 bits per heavy atom. The third-order valence-corrected chi connectivity index (χ3v) is 7.01. The van der Waals surface area contributed by atoms with Crippen molar-refractivity contribution in [3.05, 3.63) is 12.2 Å². The molecule has 0 radical (unpaired) electrons. The molecule has 0 aliphatic carbocycles. The van der Waals surface area contributed by atoms with Crippen LogP contribution in [0.1, 0.15) is 13.3 Å². The molecule has 6 unspecified atom stereocenters. The van der Waals surface area contributed by atoms with Crippen LogP contribution in [0.25, 0.3) is 0 Å². The third kappa shape index (κ3) is 3.68. The molecule has 0 N–H and O–H groups in total. The zero-order valence-corrected chi connectivity index (χ0v) is 16.7. The first-order chi connectivity index (χ1) is 14.2. The van der Waals surface area contributed by atoms with E-state index in [1.807, 2.05) is 0 Å². The van der Waals surface area contributed by atoms with Crippen molar-refractivity contribution < 1.29 is 55.5 Å². The minimum Gasteiger partial charge on any atom is -0.468 e. The van der Waals surface area contributed by atoms with Gasteiger partial charge in [-0.05, 0) is 6.92 Å². The molecule has 3 aliphatic heterocycles. The highest BCUT2D eigenvalue weighted by Crippen LogP contribution is 2.58. The average molecular weight is 448 g/mol. The summed E-state index contributed by atoms with van der Waals surface area (Å²) in [5, 5.41) is -1.33. The zero-order valence-electron chi connectivity index (χ0n) is 15.9. The number of carbonyl (C=O) groups excluding carboxylic acids is 4. The summed E-state index contributed by atoms with van der Waals surface area (Å²) in [5.41, 5.74) is -1.39. The van der Waals surface area contributed by atoms with Crippen LogP contribution in [0.5, 0.6) is 0 Å². The minimum atomic E-state index is -4.18. The molecular formula is C17H20O12S. The smallest absolute Gasteiger partial charge is 0.344 e. The van der Waals surface area contributed by atoms with Gasteiger partial charge in [-0.2, -0.15) is 8.42 Å². The van der Waals surface area contributed by atoms with Crippen molar-refractivity contribution in [2.24, 2.45) is 5.92 Å². The van der Waals surface area contributed by atoms with E-state index in [-0.39, 0.29) is 38.2 Å². The first-order valence-corrected chi connectivity index (χ1v) is 10.4. The van der Waals surface area contributed by atoms with E-state index in [1.165, 1.54) is 6.92 Å². The molecule has 3 rings (SSSR count). The highest BCUT2D eigenvalue weighted by molar-refractivity contribution is 7.87. The Labute approximate surface area is 171 Å². The van der Waals surface area contributed by atoms with Crippen LogP contribution in [0.2, 0.25) is 0 Å². The summed E-state index contributed by atoms with van der Waals surface area (Å²) < 4.78 is 55.8. The second-order valence-electron chi connectivity index (χ2n) is 7.08. The van der Waals surface area contributed by atoms with Gasteiger partial charge in [-0.15, -0.1) is 0 Å². The fraction of sp³-hybridized carbons (Fsp3) is 0.647. The van der Waals surface area contributed by atoms with Crippen molar-refractivity contribution in [3.63, 3.8) is 0 Å². The van der Waals surface area contributed by atoms with Crippen LogP contribution in [-0.2, 0) is 57.2 Å². The van der Waals surface area contributed by atoms with E-state index in [4.69, 9.17) is 27.9 Å². The van der Waals surface area contributed by atoms with E-state index in [1.54, 1.807) is 0 Å². The topological polar surface area (TPSA) is 158 Å². The number of fused-ring (bicyclic) bond motifs is 1. The zero-order chi connectivity index (χ0) is 22.1. The summed E-state index contributed by atoms with van der Waals surface area (Å²) in [6.07, 6.45) is -3.34. The van der Waals surface area contributed by atoms with Crippen LogP contribution in [-0.4, -0.2) is 82.3 Å². The SMILES string of the molecule is C=C(C)C(=O)OCC(=O)OC1C2C3OC1(CCOC=O)C(COC=O)C3OS2(=O)=O. The number of rotatable bonds is 11. The van der Waals surface area contributed by atoms with Gasteiger partial charge in [0, 0.05) is 12.0 Å². The number of ether oxygens (including phenoxy) is 5. The Balaban J connectivity index is 1.86. The minimum absolute atomic E-state index is 0.0511. The van der Waals surface area contributed by atoms with Gasteiger partial charge < -0.3 is 23.7 Å². The number of esters is 2. The molecule has 30 heavy (non-hydrogen) atoms. The Bertz CT molecular complexity index is 851. The van der Waals surface area contributed by atoms with Gasteiger partial charge in [0.25, 0.3) is 23.1 Å². The molecule has 3 fully saturated rings. The Kier molecular flexibility index (Phi) is 6.15. The number of hydrogen-bond acceptors (Lipinski definition) is 12. The van der Waals surface area contributed by atoms with Crippen LogP contribution in [0.4, 0.5) is 0 Å². The lowest BCUT2D eigenvalue weighted by atomic mass is 9.73. The van der Waals surface area contributed by atoms with Gasteiger partial charge in [0.15, 0.2) is 18.0 Å². The highest BCUT2D eigenvalue weighted by atomic mass is 32.2. The number of carbonyl (C=O) groups is 4. The summed E-state index contributed by atoms with van der Waals surface area (Å²) in [6.45, 7) is 3.93. The van der Waals surface area contributed by atoms with E-state index in [9.17, 15) is 27.6 Å². The molecular weight excluding hydrogens is 428 g/mol. The summed E-state index contributed by atoms with van der Waals surface area (Å²) in [7, 11) is -4.18. The summed E-state index contributed by atoms with van der Waals surface area (Å²) >= 11 is 0. The molecule has 0 aromatic heterocycles. The van der Waals surface area contributed by atoms with Gasteiger partial charge in [0.05, 0.1) is 19.1 Å². The fourth-order valence-corrected chi connectivity index (χ4v) is 5.99. The molecule has 12 nitrogen and oxygen atoms in total. The van der Waals surface area contributed by atoms with Crippen LogP contribution >= 0.6 is 0 Å². The Hall–Kier alpha value is -2.51. The molecule has 3 aliphatic rings. The van der Waals surface area contributed by atoms with Crippen LogP contribution < -0.4 is 0 Å². The molecule has 0 saturated carbocycles. The molecule has 3 heterocycles. The predicted molar refractivity (Wildman–Crippen MR) is 93.0 cm³/mol. The van der Waals surface area contributed by atoms with E-state index < -0.39 is 63.7 Å². The largest absolute Gasteiger partial charge is 0.468 e. The fourth-order valence-electron chi connectivity index (χ4n) is 4.18. The van der Waals surface area contributed by atoms with Gasteiger partial charge in [-0.25, -0.2) is 9.59 Å². The van der Waals surface area contributed by atoms with Crippen molar-refractivity contribution in [1.82, 2.24) is 0 Å². The standard InChI is InChI=1S/C17H20O12S/c1-9(2)16(21)26-6-11(20)27-15-14-13-12(29-30(14,22)23)10(5-25-8-19)17(15,28-13)3-4-24-7-18/h7-8,10,12-15H,1,3-6H2,2H3. The molecule has 0 aromatic carbocycles. The summed E-state index contributed by atoms with van der Waals surface area (Å²) in [4.78, 5) is 45.0. The van der Waals surface area contributed by atoms with Crippen molar-refractivity contribution in [1.29, 1.82) is 0 Å². The molecule has 0 aromatic rings. The maximum absolute atomic E-state index is 12.5. The quantitative estimate of drug-likeness (QED) is 0.0912. The first kappa shape index (κ1) is 22.2. The average Bonchev–Trinajstić information content (AvgIpc) is 3.22. The van der Waals surface area contributed by atoms with Crippen molar-refractivity contribution in [3.8, 4) is 0 Å². The van der Waals surface area contributed by atoms with Gasteiger partial charge >= 0.3 is 11.9 Å². The first-order valence-electron chi connectivity index (χ1n) is 8.90. The summed E-state index contributed by atoms with van der Waals surface area (Å²) in [6, 6.07) is 0.